The molecular formula is C14H22O. The zero-order valence-corrected chi connectivity index (χ0v) is 10.1. The quantitative estimate of drug-likeness (QED) is 0.677. The molecular weight excluding hydrogens is 184 g/mol. The molecule has 0 radical (unpaired) electrons. The van der Waals surface area contributed by atoms with E-state index in [-0.39, 0.29) is 0 Å². The van der Waals surface area contributed by atoms with E-state index in [1.54, 1.807) is 0 Å². The van der Waals surface area contributed by atoms with Crippen LogP contribution in [-0.2, 0) is 4.74 Å². The van der Waals surface area contributed by atoms with Gasteiger partial charge < -0.3 is 4.74 Å². The van der Waals surface area contributed by atoms with E-state index in [9.17, 15) is 0 Å². The largest absolute Gasteiger partial charge is 0.381 e. The second kappa shape index (κ2) is 6.62. The first-order valence-corrected chi connectivity index (χ1v) is 5.84. The zero-order valence-electron chi connectivity index (χ0n) is 10.1. The summed E-state index contributed by atoms with van der Waals surface area (Å²) in [7, 11) is 0. The number of benzene rings is 1. The van der Waals surface area contributed by atoms with Crippen LogP contribution in [-0.4, -0.2) is 13.2 Å². The predicted molar refractivity (Wildman–Crippen MR) is 65.3 cm³/mol. The minimum absolute atomic E-state index is 0.653. The minimum atomic E-state index is 0.653. The van der Waals surface area contributed by atoms with E-state index in [1.165, 1.54) is 24.0 Å². The molecule has 0 unspecified atom stereocenters. The molecule has 1 saturated heterocycles. The maximum absolute atomic E-state index is 4.94. The van der Waals surface area contributed by atoms with Gasteiger partial charge >= 0.3 is 0 Å². The fourth-order valence-electron chi connectivity index (χ4n) is 1.46. The summed E-state index contributed by atoms with van der Waals surface area (Å²) in [5.41, 5.74) is 2.76. The number of aryl methyl sites for hydroxylation is 1. The third kappa shape index (κ3) is 4.98. The molecule has 84 valence electrons. The highest BCUT2D eigenvalue weighted by Gasteiger charge is 1.95. The van der Waals surface area contributed by atoms with E-state index < -0.39 is 0 Å². The number of rotatable bonds is 1. The van der Waals surface area contributed by atoms with Gasteiger partial charge in [-0.25, -0.2) is 0 Å². The van der Waals surface area contributed by atoms with Gasteiger partial charge in [0, 0.05) is 13.2 Å². The molecule has 0 N–H and O–H groups in total. The maximum atomic E-state index is 4.94. The molecule has 0 atom stereocenters. The van der Waals surface area contributed by atoms with Gasteiger partial charge in [0.1, 0.15) is 0 Å². The van der Waals surface area contributed by atoms with Gasteiger partial charge in [-0.15, -0.1) is 0 Å². The van der Waals surface area contributed by atoms with Gasteiger partial charge in [0.25, 0.3) is 0 Å². The Morgan fingerprint density at radius 1 is 1.00 bits per heavy atom. The summed E-state index contributed by atoms with van der Waals surface area (Å²) in [5, 5.41) is 0. The first-order valence-electron chi connectivity index (χ1n) is 5.84. The Morgan fingerprint density at radius 3 is 1.87 bits per heavy atom. The SMILES string of the molecule is C1CCOC1.Cc1ccc(C(C)C)cc1. The lowest BCUT2D eigenvalue weighted by molar-refractivity contribution is 0.198. The van der Waals surface area contributed by atoms with Crippen LogP contribution >= 0.6 is 0 Å². The molecule has 0 aromatic heterocycles. The molecule has 1 fully saturated rings. The normalized spacial score (nSPS) is 14.9. The molecule has 1 heterocycles. The van der Waals surface area contributed by atoms with Crippen LogP contribution in [0.3, 0.4) is 0 Å². The molecule has 1 aromatic carbocycles. The van der Waals surface area contributed by atoms with Gasteiger partial charge in [0.05, 0.1) is 0 Å². The number of hydrogen-bond acceptors (Lipinski definition) is 1. The monoisotopic (exact) mass is 206 g/mol. The molecule has 1 nitrogen and oxygen atoms in total. The van der Waals surface area contributed by atoms with Gasteiger partial charge in [-0.05, 0) is 31.2 Å². The molecule has 0 aliphatic carbocycles. The second-order valence-corrected chi connectivity index (χ2v) is 4.38. The second-order valence-electron chi connectivity index (χ2n) is 4.38. The van der Waals surface area contributed by atoms with E-state index in [2.05, 4.69) is 45.0 Å². The van der Waals surface area contributed by atoms with Crippen molar-refractivity contribution in [2.24, 2.45) is 0 Å². The van der Waals surface area contributed by atoms with E-state index in [4.69, 9.17) is 4.74 Å². The third-order valence-corrected chi connectivity index (χ3v) is 2.57. The third-order valence-electron chi connectivity index (χ3n) is 2.57. The molecule has 0 bridgehead atoms. The Kier molecular flexibility index (Phi) is 5.41. The highest BCUT2D eigenvalue weighted by molar-refractivity contribution is 5.23. The molecule has 1 aromatic rings. The van der Waals surface area contributed by atoms with Crippen molar-refractivity contribution in [2.75, 3.05) is 13.2 Å². The van der Waals surface area contributed by atoms with Crippen molar-refractivity contribution in [2.45, 2.75) is 39.5 Å². The standard InChI is InChI=1S/C10H14.C4H8O/c1-8(2)10-6-4-9(3)5-7-10;1-2-4-5-3-1/h4-8H,1-3H3;1-4H2. The van der Waals surface area contributed by atoms with Crippen LogP contribution in [0.4, 0.5) is 0 Å². The van der Waals surface area contributed by atoms with Gasteiger partial charge in [-0.2, -0.15) is 0 Å². The van der Waals surface area contributed by atoms with Gasteiger partial charge in [-0.3, -0.25) is 0 Å². The van der Waals surface area contributed by atoms with Crippen molar-refractivity contribution in [3.8, 4) is 0 Å². The van der Waals surface area contributed by atoms with Gasteiger partial charge in [0.2, 0.25) is 0 Å². The Hall–Kier alpha value is -0.820. The summed E-state index contributed by atoms with van der Waals surface area (Å²) in [4.78, 5) is 0. The predicted octanol–water partition coefficient (Wildman–Crippen LogP) is 3.92. The lowest BCUT2D eigenvalue weighted by Crippen LogP contribution is -1.85. The summed E-state index contributed by atoms with van der Waals surface area (Å²) >= 11 is 0. The minimum Gasteiger partial charge on any atom is -0.381 e. The Bertz CT molecular complexity index is 250. The average Bonchev–Trinajstić information content (AvgIpc) is 2.76. The van der Waals surface area contributed by atoms with Crippen LogP contribution < -0.4 is 0 Å². The molecule has 1 aliphatic rings. The van der Waals surface area contributed by atoms with E-state index >= 15 is 0 Å². The van der Waals surface area contributed by atoms with Gasteiger partial charge in [0.15, 0.2) is 0 Å². The first-order chi connectivity index (χ1) is 7.20. The van der Waals surface area contributed by atoms with Crippen LogP contribution in [0.2, 0.25) is 0 Å². The number of hydrogen-bond donors (Lipinski definition) is 0. The van der Waals surface area contributed by atoms with Gasteiger partial charge in [-0.1, -0.05) is 43.7 Å². The molecule has 15 heavy (non-hydrogen) atoms. The zero-order chi connectivity index (χ0) is 11.1. The Balaban J connectivity index is 0.000000187. The topological polar surface area (TPSA) is 9.23 Å². The fraction of sp³-hybridized carbons (Fsp3) is 0.571. The van der Waals surface area contributed by atoms with E-state index in [1.807, 2.05) is 0 Å². The molecule has 1 aliphatic heterocycles. The maximum Gasteiger partial charge on any atom is 0.0466 e. The molecule has 0 amide bonds. The smallest absolute Gasteiger partial charge is 0.0466 e. The summed E-state index contributed by atoms with van der Waals surface area (Å²) in [6.45, 7) is 8.54. The highest BCUT2D eigenvalue weighted by atomic mass is 16.5. The molecule has 0 spiro atoms. The van der Waals surface area contributed by atoms with Crippen molar-refractivity contribution in [3.05, 3.63) is 35.4 Å². The van der Waals surface area contributed by atoms with Crippen LogP contribution in [0, 0.1) is 6.92 Å². The van der Waals surface area contributed by atoms with E-state index in [0.717, 1.165) is 13.2 Å². The molecule has 2 rings (SSSR count). The Labute approximate surface area is 93.5 Å². The van der Waals surface area contributed by atoms with Crippen LogP contribution in [0.25, 0.3) is 0 Å². The van der Waals surface area contributed by atoms with Crippen molar-refractivity contribution in [1.82, 2.24) is 0 Å². The summed E-state index contributed by atoms with van der Waals surface area (Å²) in [6, 6.07) is 8.71. The lowest BCUT2D eigenvalue weighted by Gasteiger charge is -2.03. The summed E-state index contributed by atoms with van der Waals surface area (Å²) < 4.78 is 4.94. The molecule has 0 saturated carbocycles. The van der Waals surface area contributed by atoms with Crippen LogP contribution in [0.5, 0.6) is 0 Å². The number of ether oxygens (including phenoxy) is 1. The summed E-state index contributed by atoms with van der Waals surface area (Å²) in [5.74, 6) is 0.653. The van der Waals surface area contributed by atoms with Crippen LogP contribution in [0.15, 0.2) is 24.3 Å². The molecule has 1 heteroatoms. The van der Waals surface area contributed by atoms with E-state index in [0.29, 0.717) is 5.92 Å². The first kappa shape index (κ1) is 12.3. The average molecular weight is 206 g/mol. The van der Waals surface area contributed by atoms with Crippen molar-refractivity contribution >= 4 is 0 Å². The lowest BCUT2D eigenvalue weighted by atomic mass is 10.0. The highest BCUT2D eigenvalue weighted by Crippen LogP contribution is 2.13. The van der Waals surface area contributed by atoms with Crippen molar-refractivity contribution in [1.29, 1.82) is 0 Å². The van der Waals surface area contributed by atoms with Crippen molar-refractivity contribution < 1.29 is 4.74 Å². The van der Waals surface area contributed by atoms with Crippen molar-refractivity contribution in [3.63, 3.8) is 0 Å². The summed E-state index contributed by atoms with van der Waals surface area (Å²) in [6.07, 6.45) is 2.56. The Morgan fingerprint density at radius 2 is 1.53 bits per heavy atom. The van der Waals surface area contributed by atoms with Crippen LogP contribution in [0.1, 0.15) is 43.7 Å². The fourth-order valence-corrected chi connectivity index (χ4v) is 1.46.